The summed E-state index contributed by atoms with van der Waals surface area (Å²) in [5, 5.41) is 4.06. The van der Waals surface area contributed by atoms with Gasteiger partial charge < -0.3 is 24.8 Å². The normalized spacial score (nSPS) is 18.6. The Kier molecular flexibility index (Phi) is 7.60. The molecule has 2 aromatic carbocycles. The van der Waals surface area contributed by atoms with Gasteiger partial charge in [0.2, 0.25) is 5.56 Å². The molecule has 3 aromatic rings. The average Bonchev–Trinajstić information content (AvgIpc) is 3.32. The Morgan fingerprint density at radius 1 is 1.11 bits per heavy atom. The number of aryl methyl sites for hydroxylation is 1. The van der Waals surface area contributed by atoms with E-state index >= 15 is 0 Å². The van der Waals surface area contributed by atoms with Gasteiger partial charge in [0.15, 0.2) is 0 Å². The minimum Gasteiger partial charge on any atom is -0.379 e. The number of anilines is 2. The maximum Gasteiger partial charge on any atom is 0.257 e. The molecule has 196 valence electrons. The topological polar surface area (TPSA) is 80.9 Å². The van der Waals surface area contributed by atoms with Gasteiger partial charge >= 0.3 is 0 Å². The lowest BCUT2D eigenvalue weighted by Gasteiger charge is -2.31. The second-order valence-corrected chi connectivity index (χ2v) is 10.5. The number of pyridine rings is 1. The van der Waals surface area contributed by atoms with Crippen molar-refractivity contribution in [2.24, 2.45) is 0 Å². The quantitative estimate of drug-likeness (QED) is 0.514. The van der Waals surface area contributed by atoms with Crippen LogP contribution in [0.1, 0.15) is 34.3 Å². The van der Waals surface area contributed by atoms with Gasteiger partial charge in [-0.1, -0.05) is 6.07 Å². The zero-order valence-corrected chi connectivity index (χ0v) is 22.0. The Hall–Kier alpha value is -3.20. The summed E-state index contributed by atoms with van der Waals surface area (Å²) >= 11 is 0. The number of rotatable bonds is 7. The monoisotopic (exact) mass is 503 g/mol. The molecule has 1 amide bonds. The number of nitrogens with one attached hydrogen (secondary N) is 2. The molecular formula is C29H37N5O3. The van der Waals surface area contributed by atoms with Gasteiger partial charge in [0, 0.05) is 67.1 Å². The number of fused-ring (bicyclic) bond motifs is 1. The number of aromatic nitrogens is 1. The van der Waals surface area contributed by atoms with Crippen molar-refractivity contribution in [1.29, 1.82) is 0 Å². The van der Waals surface area contributed by atoms with E-state index in [-0.39, 0.29) is 11.5 Å². The minimum atomic E-state index is -0.124. The van der Waals surface area contributed by atoms with Crippen molar-refractivity contribution in [2.45, 2.75) is 32.4 Å². The predicted octanol–water partition coefficient (Wildman–Crippen LogP) is 3.45. The lowest BCUT2D eigenvalue weighted by molar-refractivity contribution is 0.0342. The highest BCUT2D eigenvalue weighted by atomic mass is 16.5. The lowest BCUT2D eigenvalue weighted by Crippen LogP contribution is -2.38. The number of morpholine rings is 1. The molecule has 0 aliphatic carbocycles. The minimum absolute atomic E-state index is 0.115. The number of ether oxygens (including phenoxy) is 1. The average molecular weight is 504 g/mol. The van der Waals surface area contributed by atoms with Crippen molar-refractivity contribution in [3.8, 4) is 0 Å². The number of likely N-dealkylation sites (N-methyl/N-ethyl adjacent to an activating group) is 1. The molecule has 5 rings (SSSR count). The second kappa shape index (κ2) is 11.0. The third kappa shape index (κ3) is 5.87. The van der Waals surface area contributed by atoms with Crippen LogP contribution in [-0.4, -0.2) is 80.2 Å². The Bertz CT molecular complexity index is 1330. The van der Waals surface area contributed by atoms with Crippen molar-refractivity contribution in [1.82, 2.24) is 14.8 Å². The molecule has 2 aliphatic heterocycles. The van der Waals surface area contributed by atoms with Crippen LogP contribution in [-0.2, 0) is 11.3 Å². The third-order valence-corrected chi connectivity index (χ3v) is 7.39. The number of hydrogen-bond acceptors (Lipinski definition) is 6. The highest BCUT2D eigenvalue weighted by Gasteiger charge is 2.29. The van der Waals surface area contributed by atoms with E-state index in [0.29, 0.717) is 17.3 Å². The summed E-state index contributed by atoms with van der Waals surface area (Å²) in [4.78, 5) is 35.5. The molecule has 8 heteroatoms. The summed E-state index contributed by atoms with van der Waals surface area (Å²) in [6.07, 6.45) is 2.24. The number of H-pyrrole nitrogens is 1. The fourth-order valence-electron chi connectivity index (χ4n) is 5.59. The van der Waals surface area contributed by atoms with Crippen LogP contribution in [0.4, 0.5) is 11.4 Å². The summed E-state index contributed by atoms with van der Waals surface area (Å²) in [5.41, 5.74) is 5.06. The van der Waals surface area contributed by atoms with Gasteiger partial charge in [0.25, 0.3) is 5.91 Å². The van der Waals surface area contributed by atoms with Gasteiger partial charge in [-0.25, -0.2) is 0 Å². The van der Waals surface area contributed by atoms with E-state index in [2.05, 4.69) is 57.3 Å². The molecule has 2 N–H and O–H groups in total. The smallest absolute Gasteiger partial charge is 0.257 e. The fraction of sp³-hybridized carbons (Fsp3) is 0.448. The largest absolute Gasteiger partial charge is 0.379 e. The fourth-order valence-corrected chi connectivity index (χ4v) is 5.59. The van der Waals surface area contributed by atoms with Crippen LogP contribution in [0.25, 0.3) is 10.9 Å². The third-order valence-electron chi connectivity index (χ3n) is 7.39. The summed E-state index contributed by atoms with van der Waals surface area (Å²) in [5.74, 6) is -0.115. The van der Waals surface area contributed by atoms with Crippen molar-refractivity contribution in [2.75, 3.05) is 63.7 Å². The summed E-state index contributed by atoms with van der Waals surface area (Å²) in [7, 11) is 4.20. The number of carbonyl (C=O) groups excluding carboxylic acids is 1. The van der Waals surface area contributed by atoms with Crippen LogP contribution in [0.3, 0.4) is 0 Å². The molecule has 0 spiro atoms. The first-order chi connectivity index (χ1) is 17.9. The summed E-state index contributed by atoms with van der Waals surface area (Å²) in [6, 6.07) is 14.0. The zero-order valence-electron chi connectivity index (χ0n) is 22.0. The Morgan fingerprint density at radius 3 is 2.70 bits per heavy atom. The molecule has 0 saturated carbocycles. The number of benzene rings is 2. The number of carbonyl (C=O) groups is 1. The van der Waals surface area contributed by atoms with Crippen LogP contribution in [0, 0.1) is 6.92 Å². The van der Waals surface area contributed by atoms with Gasteiger partial charge in [-0.05, 0) is 75.3 Å². The van der Waals surface area contributed by atoms with Crippen LogP contribution in [0.15, 0.2) is 47.3 Å². The van der Waals surface area contributed by atoms with Crippen LogP contribution in [0.5, 0.6) is 0 Å². The maximum atomic E-state index is 13.8. The Morgan fingerprint density at radius 2 is 1.92 bits per heavy atom. The van der Waals surface area contributed by atoms with E-state index in [1.54, 1.807) is 6.07 Å². The molecule has 3 heterocycles. The van der Waals surface area contributed by atoms with E-state index in [1.165, 1.54) is 0 Å². The first-order valence-corrected chi connectivity index (χ1v) is 13.2. The SMILES string of the molecule is Cc1cc(=O)[nH]c2ccc(NC(=O)c3cc(CN4CCOCC4)ccc3N3CCCC3CN(C)C)cc12. The molecule has 0 radical (unpaired) electrons. The highest BCUT2D eigenvalue weighted by molar-refractivity contribution is 6.09. The van der Waals surface area contributed by atoms with E-state index in [4.69, 9.17) is 4.74 Å². The molecule has 37 heavy (non-hydrogen) atoms. The number of amides is 1. The second-order valence-electron chi connectivity index (χ2n) is 10.5. The van der Waals surface area contributed by atoms with Gasteiger partial charge in [-0.3, -0.25) is 14.5 Å². The molecule has 8 nitrogen and oxygen atoms in total. The van der Waals surface area contributed by atoms with Gasteiger partial charge in [0.05, 0.1) is 18.8 Å². The highest BCUT2D eigenvalue weighted by Crippen LogP contribution is 2.31. The summed E-state index contributed by atoms with van der Waals surface area (Å²) < 4.78 is 5.51. The zero-order chi connectivity index (χ0) is 25.9. The molecule has 2 aliphatic rings. The summed E-state index contributed by atoms with van der Waals surface area (Å²) in [6.45, 7) is 7.92. The molecule has 0 bridgehead atoms. The van der Waals surface area contributed by atoms with Crippen LogP contribution >= 0.6 is 0 Å². The predicted molar refractivity (Wildman–Crippen MR) is 149 cm³/mol. The van der Waals surface area contributed by atoms with Gasteiger partial charge in [-0.2, -0.15) is 0 Å². The maximum absolute atomic E-state index is 13.8. The number of hydrogen-bond donors (Lipinski definition) is 2. The number of nitrogens with zero attached hydrogens (tertiary/aromatic N) is 3. The van der Waals surface area contributed by atoms with Crippen molar-refractivity contribution in [3.05, 3.63) is 69.5 Å². The molecule has 2 fully saturated rings. The van der Waals surface area contributed by atoms with Gasteiger partial charge in [0.1, 0.15) is 0 Å². The number of aromatic amines is 1. The van der Waals surface area contributed by atoms with Crippen LogP contribution in [0.2, 0.25) is 0 Å². The molecular weight excluding hydrogens is 466 g/mol. The first kappa shape index (κ1) is 25.4. The van der Waals surface area contributed by atoms with Crippen molar-refractivity contribution < 1.29 is 9.53 Å². The Balaban J connectivity index is 1.46. The van der Waals surface area contributed by atoms with Crippen molar-refractivity contribution >= 4 is 28.2 Å². The molecule has 2 saturated heterocycles. The Labute approximate surface area is 218 Å². The lowest BCUT2D eigenvalue weighted by atomic mass is 10.0. The van der Waals surface area contributed by atoms with E-state index in [1.807, 2.05) is 25.1 Å². The molecule has 1 atom stereocenters. The van der Waals surface area contributed by atoms with E-state index < -0.39 is 0 Å². The van der Waals surface area contributed by atoms with Gasteiger partial charge in [-0.15, -0.1) is 0 Å². The molecule has 1 unspecified atom stereocenters. The van der Waals surface area contributed by atoms with E-state index in [9.17, 15) is 9.59 Å². The first-order valence-electron chi connectivity index (χ1n) is 13.2. The molecule has 1 aromatic heterocycles. The van der Waals surface area contributed by atoms with Crippen LogP contribution < -0.4 is 15.8 Å². The van der Waals surface area contributed by atoms with Crippen molar-refractivity contribution in [3.63, 3.8) is 0 Å². The standard InChI is InChI=1S/C29H37N5O3/c1-20-15-28(35)31-26-8-7-22(17-24(20)26)30-29(36)25-16-21(18-33-11-13-37-14-12-33)6-9-27(25)34-10-4-5-23(34)19-32(2)3/h6-9,15-17,23H,4-5,10-14,18-19H2,1-3H3,(H,30,36)(H,31,35). The van der Waals surface area contributed by atoms with E-state index in [0.717, 1.165) is 86.5 Å².